The van der Waals surface area contributed by atoms with E-state index in [4.69, 9.17) is 14.2 Å². The Morgan fingerprint density at radius 2 is 1.46 bits per heavy atom. The number of benzene rings is 3. The fraction of sp³-hybridized carbons (Fsp3) is 0.286. The molecule has 0 bridgehead atoms. The second kappa shape index (κ2) is 10.1. The van der Waals surface area contributed by atoms with Gasteiger partial charge in [-0.2, -0.15) is 0 Å². The van der Waals surface area contributed by atoms with E-state index in [9.17, 15) is 18.4 Å². The van der Waals surface area contributed by atoms with Crippen LogP contribution in [0.3, 0.4) is 0 Å². The van der Waals surface area contributed by atoms with E-state index in [1.54, 1.807) is 29.2 Å². The Kier molecular flexibility index (Phi) is 6.69. The van der Waals surface area contributed by atoms with Crippen LogP contribution in [0.1, 0.15) is 27.1 Å². The molecular weight excluding hydrogens is 482 g/mol. The van der Waals surface area contributed by atoms with Crippen LogP contribution in [0.4, 0.5) is 8.78 Å². The number of rotatable bonds is 6. The van der Waals surface area contributed by atoms with Gasteiger partial charge in [-0.3, -0.25) is 9.59 Å². The summed E-state index contributed by atoms with van der Waals surface area (Å²) in [5, 5.41) is 0. The molecule has 0 spiro atoms. The van der Waals surface area contributed by atoms with Crippen LogP contribution < -0.4 is 14.2 Å². The number of halogens is 2. The molecular formula is C28H26F2N2O5. The standard InChI is InChI=1S/C28H26F2N2O5/c1-35-22-14-23(36-2)26(30)24(25(22)29)28(34)32-13-12-18-15-31(16-21(18)32)27(33)17-8-10-20(11-9-17)37-19-6-4-3-5-7-19/h3-11,14,18,21H,12-13,15-16H2,1-2H3/t18-,21+/m0/s1. The van der Waals surface area contributed by atoms with E-state index >= 15 is 0 Å². The Hall–Kier alpha value is -4.14. The second-order valence-electron chi connectivity index (χ2n) is 9.05. The number of amides is 2. The van der Waals surface area contributed by atoms with E-state index in [1.807, 2.05) is 30.3 Å². The molecule has 0 aromatic heterocycles. The molecule has 2 heterocycles. The largest absolute Gasteiger partial charge is 0.494 e. The number of nitrogens with zero attached hydrogens (tertiary/aromatic N) is 2. The lowest BCUT2D eigenvalue weighted by Crippen LogP contribution is -2.41. The number of para-hydroxylation sites is 1. The summed E-state index contributed by atoms with van der Waals surface area (Å²) in [7, 11) is 2.47. The molecule has 0 unspecified atom stereocenters. The topological polar surface area (TPSA) is 68.3 Å². The first-order valence-electron chi connectivity index (χ1n) is 11.9. The van der Waals surface area contributed by atoms with Crippen LogP contribution in [0.15, 0.2) is 60.7 Å². The Morgan fingerprint density at radius 3 is 2.08 bits per heavy atom. The fourth-order valence-corrected chi connectivity index (χ4v) is 5.07. The molecule has 3 aromatic rings. The van der Waals surface area contributed by atoms with Crippen molar-refractivity contribution in [3.8, 4) is 23.0 Å². The molecule has 2 saturated heterocycles. The van der Waals surface area contributed by atoms with Crippen LogP contribution in [0, 0.1) is 17.6 Å². The first kappa shape index (κ1) is 24.5. The van der Waals surface area contributed by atoms with Gasteiger partial charge in [0.2, 0.25) is 0 Å². The molecule has 0 N–H and O–H groups in total. The molecule has 3 aromatic carbocycles. The van der Waals surface area contributed by atoms with Gasteiger partial charge in [-0.05, 0) is 42.8 Å². The molecule has 0 radical (unpaired) electrons. The van der Waals surface area contributed by atoms with E-state index in [1.165, 1.54) is 19.1 Å². The van der Waals surface area contributed by atoms with Crippen molar-refractivity contribution in [1.29, 1.82) is 0 Å². The van der Waals surface area contributed by atoms with Crippen molar-refractivity contribution in [2.24, 2.45) is 5.92 Å². The summed E-state index contributed by atoms with van der Waals surface area (Å²) in [6, 6.07) is 16.9. The second-order valence-corrected chi connectivity index (χ2v) is 9.05. The number of hydrogen-bond donors (Lipinski definition) is 0. The molecule has 192 valence electrons. The molecule has 5 rings (SSSR count). The van der Waals surface area contributed by atoms with Gasteiger partial charge in [0.25, 0.3) is 11.8 Å². The number of methoxy groups -OCH3 is 2. The van der Waals surface area contributed by atoms with Crippen molar-refractivity contribution < 1.29 is 32.6 Å². The maximum atomic E-state index is 15.0. The summed E-state index contributed by atoms with van der Waals surface area (Å²) in [4.78, 5) is 29.7. The van der Waals surface area contributed by atoms with E-state index in [-0.39, 0.29) is 35.9 Å². The highest BCUT2D eigenvalue weighted by atomic mass is 19.1. The molecule has 7 nitrogen and oxygen atoms in total. The summed E-state index contributed by atoms with van der Waals surface area (Å²) in [6.07, 6.45) is 0.633. The Morgan fingerprint density at radius 1 is 0.838 bits per heavy atom. The minimum Gasteiger partial charge on any atom is -0.494 e. The van der Waals surface area contributed by atoms with Crippen LogP contribution in [-0.4, -0.2) is 61.5 Å². The smallest absolute Gasteiger partial charge is 0.260 e. The van der Waals surface area contributed by atoms with Crippen LogP contribution in [0.25, 0.3) is 0 Å². The summed E-state index contributed by atoms with van der Waals surface area (Å²) in [6.45, 7) is 1.09. The van der Waals surface area contributed by atoms with Crippen LogP contribution in [-0.2, 0) is 0 Å². The number of carbonyl (C=O) groups excluding carboxylic acids is 2. The van der Waals surface area contributed by atoms with E-state index in [0.29, 0.717) is 36.6 Å². The van der Waals surface area contributed by atoms with Crippen molar-refractivity contribution >= 4 is 11.8 Å². The number of fused-ring (bicyclic) bond motifs is 1. The zero-order chi connectivity index (χ0) is 26.1. The summed E-state index contributed by atoms with van der Waals surface area (Å²) >= 11 is 0. The van der Waals surface area contributed by atoms with Crippen molar-refractivity contribution in [2.75, 3.05) is 33.9 Å². The minimum absolute atomic E-state index is 0.0206. The Labute approximate surface area is 213 Å². The molecule has 2 aliphatic rings. The minimum atomic E-state index is -1.07. The number of carbonyl (C=O) groups is 2. The molecule has 0 saturated carbocycles. The highest BCUT2D eigenvalue weighted by Crippen LogP contribution is 2.37. The normalized spacial score (nSPS) is 18.5. The first-order valence-corrected chi connectivity index (χ1v) is 11.9. The summed E-state index contributed by atoms with van der Waals surface area (Å²) in [5.41, 5.74) is -0.219. The van der Waals surface area contributed by atoms with Gasteiger partial charge >= 0.3 is 0 Å². The maximum absolute atomic E-state index is 15.0. The molecule has 2 atom stereocenters. The summed E-state index contributed by atoms with van der Waals surface area (Å²) in [5.74, 6) is -2.33. The average molecular weight is 509 g/mol. The lowest BCUT2D eigenvalue weighted by Gasteiger charge is -2.26. The van der Waals surface area contributed by atoms with E-state index in [2.05, 4.69) is 0 Å². The van der Waals surface area contributed by atoms with Crippen LogP contribution in [0.5, 0.6) is 23.0 Å². The quantitative estimate of drug-likeness (QED) is 0.480. The van der Waals surface area contributed by atoms with E-state index in [0.717, 1.165) is 6.07 Å². The predicted molar refractivity (Wildman–Crippen MR) is 131 cm³/mol. The van der Waals surface area contributed by atoms with Crippen LogP contribution in [0.2, 0.25) is 0 Å². The van der Waals surface area contributed by atoms with Crippen molar-refractivity contribution in [1.82, 2.24) is 9.80 Å². The number of hydrogen-bond acceptors (Lipinski definition) is 5. The van der Waals surface area contributed by atoms with Gasteiger partial charge in [-0.1, -0.05) is 18.2 Å². The first-order chi connectivity index (χ1) is 17.9. The van der Waals surface area contributed by atoms with Crippen molar-refractivity contribution in [2.45, 2.75) is 12.5 Å². The monoisotopic (exact) mass is 508 g/mol. The van der Waals surface area contributed by atoms with Gasteiger partial charge in [0.05, 0.1) is 20.3 Å². The zero-order valence-electron chi connectivity index (χ0n) is 20.4. The SMILES string of the molecule is COc1cc(OC)c(F)c(C(=O)N2CC[C@H]3CN(C(=O)c4ccc(Oc5ccccc5)cc4)C[C@H]32)c1F. The highest BCUT2D eigenvalue weighted by Gasteiger charge is 2.46. The lowest BCUT2D eigenvalue weighted by molar-refractivity contribution is 0.0680. The van der Waals surface area contributed by atoms with Crippen molar-refractivity contribution in [3.05, 3.63) is 83.4 Å². The predicted octanol–water partition coefficient (Wildman–Crippen LogP) is 4.76. The van der Waals surface area contributed by atoms with E-state index < -0.39 is 23.1 Å². The van der Waals surface area contributed by atoms with Gasteiger partial charge in [0, 0.05) is 37.2 Å². The average Bonchev–Trinajstić information content (AvgIpc) is 3.51. The van der Waals surface area contributed by atoms with Gasteiger partial charge in [-0.25, -0.2) is 8.78 Å². The number of likely N-dealkylation sites (tertiary alicyclic amines) is 2. The van der Waals surface area contributed by atoms with Gasteiger partial charge < -0.3 is 24.0 Å². The van der Waals surface area contributed by atoms with Gasteiger partial charge in [0.15, 0.2) is 23.1 Å². The van der Waals surface area contributed by atoms with Gasteiger partial charge in [-0.15, -0.1) is 0 Å². The lowest BCUT2D eigenvalue weighted by atomic mass is 10.0. The third kappa shape index (κ3) is 4.57. The summed E-state index contributed by atoms with van der Waals surface area (Å²) < 4.78 is 45.6. The van der Waals surface area contributed by atoms with Gasteiger partial charge in [0.1, 0.15) is 17.1 Å². The zero-order valence-corrected chi connectivity index (χ0v) is 20.4. The fourth-order valence-electron chi connectivity index (χ4n) is 5.07. The molecule has 2 aliphatic heterocycles. The number of ether oxygens (including phenoxy) is 3. The molecule has 37 heavy (non-hydrogen) atoms. The Balaban J connectivity index is 1.30. The van der Waals surface area contributed by atoms with Crippen LogP contribution >= 0.6 is 0 Å². The molecule has 2 amide bonds. The third-order valence-corrected chi connectivity index (χ3v) is 6.96. The maximum Gasteiger partial charge on any atom is 0.260 e. The Bertz CT molecular complexity index is 1290. The molecule has 0 aliphatic carbocycles. The molecule has 9 heteroatoms. The molecule has 2 fully saturated rings. The third-order valence-electron chi connectivity index (χ3n) is 6.96. The highest BCUT2D eigenvalue weighted by molar-refractivity contribution is 5.97. The van der Waals surface area contributed by atoms with Crippen molar-refractivity contribution in [3.63, 3.8) is 0 Å².